The number of imidazole rings is 1. The first-order valence-electron chi connectivity index (χ1n) is 4.45. The first-order chi connectivity index (χ1) is 7.24. The number of anilines is 1. The molecule has 0 unspecified atom stereocenters. The minimum Gasteiger partial charge on any atom is -0.496 e. The molecule has 1 aromatic heterocycles. The highest BCUT2D eigenvalue weighted by atomic mass is 16.5. The van der Waals surface area contributed by atoms with E-state index in [0.717, 1.165) is 11.3 Å². The summed E-state index contributed by atoms with van der Waals surface area (Å²) in [5.74, 6) is 6.70. The molecule has 2 aromatic rings. The van der Waals surface area contributed by atoms with E-state index in [1.807, 2.05) is 24.3 Å². The molecule has 0 fully saturated rings. The average Bonchev–Trinajstić information content (AvgIpc) is 2.60. The summed E-state index contributed by atoms with van der Waals surface area (Å²) in [6.07, 6.45) is 1.47. The van der Waals surface area contributed by atoms with Crippen molar-refractivity contribution in [1.29, 1.82) is 0 Å². The van der Waals surface area contributed by atoms with Crippen molar-refractivity contribution in [2.24, 2.45) is 0 Å². The third-order valence-electron chi connectivity index (χ3n) is 2.19. The van der Waals surface area contributed by atoms with Crippen molar-refractivity contribution in [2.45, 2.75) is 0 Å². The minimum absolute atomic E-state index is 0.416. The van der Waals surface area contributed by atoms with Gasteiger partial charge in [-0.1, -0.05) is 12.1 Å². The zero-order valence-electron chi connectivity index (χ0n) is 8.34. The molecule has 0 amide bonds. The third-order valence-corrected chi connectivity index (χ3v) is 2.19. The maximum atomic E-state index is 5.78. The van der Waals surface area contributed by atoms with Crippen LogP contribution in [0.1, 0.15) is 0 Å². The molecule has 5 heteroatoms. The molecule has 0 spiro atoms. The number of nitrogens with zero attached hydrogens (tertiary/aromatic N) is 2. The van der Waals surface area contributed by atoms with Gasteiger partial charge in [-0.2, -0.15) is 0 Å². The predicted octanol–water partition coefficient (Wildman–Crippen LogP) is 0.855. The number of benzene rings is 1. The fraction of sp³-hybridized carbons (Fsp3) is 0.100. The molecule has 0 saturated carbocycles. The van der Waals surface area contributed by atoms with Gasteiger partial charge in [0, 0.05) is 5.56 Å². The van der Waals surface area contributed by atoms with Crippen LogP contribution in [0.3, 0.4) is 0 Å². The quantitative estimate of drug-likeness (QED) is 0.711. The van der Waals surface area contributed by atoms with Crippen molar-refractivity contribution in [3.05, 3.63) is 30.6 Å². The number of nitrogen functional groups attached to an aromatic ring is 2. The Balaban J connectivity index is 2.58. The number of rotatable bonds is 2. The molecule has 0 radical (unpaired) electrons. The lowest BCUT2D eigenvalue weighted by Gasteiger charge is -2.06. The number of aromatic nitrogens is 2. The van der Waals surface area contributed by atoms with E-state index in [0.29, 0.717) is 11.5 Å². The Hall–Kier alpha value is -2.17. The van der Waals surface area contributed by atoms with Crippen LogP contribution in [0.25, 0.3) is 11.3 Å². The Morgan fingerprint density at radius 3 is 2.67 bits per heavy atom. The van der Waals surface area contributed by atoms with Gasteiger partial charge in [0.1, 0.15) is 17.8 Å². The van der Waals surface area contributed by atoms with Gasteiger partial charge in [-0.3, -0.25) is 0 Å². The Bertz CT molecular complexity index is 478. The summed E-state index contributed by atoms with van der Waals surface area (Å²) in [6.45, 7) is 0. The molecule has 0 saturated heterocycles. The fourth-order valence-corrected chi connectivity index (χ4v) is 1.42. The normalized spacial score (nSPS) is 10.2. The second-order valence-electron chi connectivity index (χ2n) is 3.09. The van der Waals surface area contributed by atoms with Crippen LogP contribution in [0.5, 0.6) is 5.75 Å². The molecule has 0 aliphatic heterocycles. The third kappa shape index (κ3) is 1.48. The highest BCUT2D eigenvalue weighted by Crippen LogP contribution is 2.31. The van der Waals surface area contributed by atoms with Crippen molar-refractivity contribution in [2.75, 3.05) is 18.7 Å². The van der Waals surface area contributed by atoms with Gasteiger partial charge in [0.05, 0.1) is 7.11 Å². The molecule has 78 valence electrons. The van der Waals surface area contributed by atoms with E-state index in [1.54, 1.807) is 7.11 Å². The first kappa shape index (κ1) is 9.39. The summed E-state index contributed by atoms with van der Waals surface area (Å²) in [5, 5.41) is 0. The van der Waals surface area contributed by atoms with E-state index in [1.165, 1.54) is 11.0 Å². The highest BCUT2D eigenvalue weighted by Gasteiger charge is 2.12. The summed E-state index contributed by atoms with van der Waals surface area (Å²) >= 11 is 0. The molecule has 0 atom stereocenters. The lowest BCUT2D eigenvalue weighted by molar-refractivity contribution is 0.416. The van der Waals surface area contributed by atoms with E-state index < -0.39 is 0 Å². The van der Waals surface area contributed by atoms with E-state index in [4.69, 9.17) is 16.3 Å². The van der Waals surface area contributed by atoms with Gasteiger partial charge in [-0.25, -0.2) is 9.66 Å². The maximum Gasteiger partial charge on any atom is 0.150 e. The zero-order valence-corrected chi connectivity index (χ0v) is 8.34. The summed E-state index contributed by atoms with van der Waals surface area (Å²) in [6, 6.07) is 7.52. The van der Waals surface area contributed by atoms with E-state index >= 15 is 0 Å². The highest BCUT2D eigenvalue weighted by molar-refractivity contribution is 5.75. The van der Waals surface area contributed by atoms with Crippen LogP contribution in [0.2, 0.25) is 0 Å². The SMILES string of the molecule is COc1ccccc1-c1ncn(N)c1N. The average molecular weight is 204 g/mol. The van der Waals surface area contributed by atoms with Crippen molar-refractivity contribution in [1.82, 2.24) is 9.66 Å². The van der Waals surface area contributed by atoms with Crippen molar-refractivity contribution < 1.29 is 4.74 Å². The lowest BCUT2D eigenvalue weighted by atomic mass is 10.1. The van der Waals surface area contributed by atoms with Gasteiger partial charge in [-0.05, 0) is 12.1 Å². The number of hydrogen-bond donors (Lipinski definition) is 2. The predicted molar refractivity (Wildman–Crippen MR) is 58.8 cm³/mol. The molecule has 15 heavy (non-hydrogen) atoms. The van der Waals surface area contributed by atoms with Crippen LogP contribution in [0, 0.1) is 0 Å². The smallest absolute Gasteiger partial charge is 0.150 e. The maximum absolute atomic E-state index is 5.78. The Labute approximate surface area is 87.3 Å². The number of nitrogens with two attached hydrogens (primary N) is 2. The van der Waals surface area contributed by atoms with Crippen molar-refractivity contribution in [3.8, 4) is 17.0 Å². The molecule has 0 bridgehead atoms. The van der Waals surface area contributed by atoms with E-state index in [-0.39, 0.29) is 0 Å². The molecule has 0 aliphatic rings. The van der Waals surface area contributed by atoms with Crippen LogP contribution in [0.15, 0.2) is 30.6 Å². The topological polar surface area (TPSA) is 79.1 Å². The van der Waals surface area contributed by atoms with Gasteiger partial charge in [0.2, 0.25) is 0 Å². The fourth-order valence-electron chi connectivity index (χ4n) is 1.42. The molecule has 5 nitrogen and oxygen atoms in total. The Morgan fingerprint density at radius 1 is 1.33 bits per heavy atom. The number of ether oxygens (including phenoxy) is 1. The minimum atomic E-state index is 0.416. The monoisotopic (exact) mass is 204 g/mol. The van der Waals surface area contributed by atoms with Gasteiger partial charge in [-0.15, -0.1) is 0 Å². The van der Waals surface area contributed by atoms with Gasteiger partial charge in [0.25, 0.3) is 0 Å². The zero-order chi connectivity index (χ0) is 10.8. The molecular formula is C10H12N4O. The molecule has 0 aliphatic carbocycles. The first-order valence-corrected chi connectivity index (χ1v) is 4.45. The van der Waals surface area contributed by atoms with Crippen LogP contribution < -0.4 is 16.3 Å². The van der Waals surface area contributed by atoms with Crippen LogP contribution in [0.4, 0.5) is 5.82 Å². The second-order valence-corrected chi connectivity index (χ2v) is 3.09. The lowest BCUT2D eigenvalue weighted by Crippen LogP contribution is -2.10. The van der Waals surface area contributed by atoms with Crippen LogP contribution in [-0.2, 0) is 0 Å². The molecule has 1 aromatic carbocycles. The van der Waals surface area contributed by atoms with Crippen LogP contribution >= 0.6 is 0 Å². The summed E-state index contributed by atoms with van der Waals surface area (Å²) in [5.41, 5.74) is 7.25. The Kier molecular flexibility index (Phi) is 2.21. The van der Waals surface area contributed by atoms with Crippen LogP contribution in [-0.4, -0.2) is 16.8 Å². The largest absolute Gasteiger partial charge is 0.496 e. The number of para-hydroxylation sites is 1. The number of methoxy groups -OCH3 is 1. The Morgan fingerprint density at radius 2 is 2.07 bits per heavy atom. The number of hydrogen-bond acceptors (Lipinski definition) is 4. The second kappa shape index (κ2) is 3.53. The summed E-state index contributed by atoms with van der Waals surface area (Å²) in [4.78, 5) is 4.13. The van der Waals surface area contributed by atoms with Gasteiger partial charge >= 0.3 is 0 Å². The van der Waals surface area contributed by atoms with Crippen molar-refractivity contribution in [3.63, 3.8) is 0 Å². The van der Waals surface area contributed by atoms with Gasteiger partial charge in [0.15, 0.2) is 5.82 Å². The molecular weight excluding hydrogens is 192 g/mol. The summed E-state index contributed by atoms with van der Waals surface area (Å²) < 4.78 is 6.50. The molecule has 4 N–H and O–H groups in total. The van der Waals surface area contributed by atoms with E-state index in [9.17, 15) is 0 Å². The van der Waals surface area contributed by atoms with Crippen molar-refractivity contribution >= 4 is 5.82 Å². The van der Waals surface area contributed by atoms with Gasteiger partial charge < -0.3 is 16.3 Å². The van der Waals surface area contributed by atoms with E-state index in [2.05, 4.69) is 4.98 Å². The molecule has 2 rings (SSSR count). The standard InChI is InChI=1S/C10H12N4O/c1-15-8-5-3-2-4-7(8)9-10(11)14(12)6-13-9/h2-6H,11-12H2,1H3. The summed E-state index contributed by atoms with van der Waals surface area (Å²) in [7, 11) is 1.61. The molecule has 1 heterocycles.